The topological polar surface area (TPSA) is 316 Å². The summed E-state index contributed by atoms with van der Waals surface area (Å²) in [4.78, 5) is 125. The van der Waals surface area contributed by atoms with Crippen LogP contribution in [0.3, 0.4) is 0 Å². The summed E-state index contributed by atoms with van der Waals surface area (Å²) < 4.78 is 42.3. The van der Waals surface area contributed by atoms with Crippen molar-refractivity contribution in [3.63, 3.8) is 0 Å². The van der Waals surface area contributed by atoms with Gasteiger partial charge < -0.3 is 73.7 Å². The van der Waals surface area contributed by atoms with Gasteiger partial charge in [0.25, 0.3) is 0 Å². The summed E-state index contributed by atoms with van der Waals surface area (Å²) in [7, 11) is 4.45. The van der Waals surface area contributed by atoms with Gasteiger partial charge >= 0.3 is 54.0 Å². The zero-order valence-corrected chi connectivity index (χ0v) is 85.2. The smallest absolute Gasteiger partial charge is 0.410 e. The number of benzene rings is 3. The third kappa shape index (κ3) is 36.0. The molecule has 5 saturated carbocycles. The molecule has 26 heteroatoms. The number of nitrogens with one attached hydrogen (secondary N) is 1. The first kappa shape index (κ1) is 110. The average Bonchev–Trinajstić information content (AvgIpc) is 0.941. The predicted molar refractivity (Wildman–Crippen MR) is 526 cm³/mol. The summed E-state index contributed by atoms with van der Waals surface area (Å²) >= 11 is 3.40. The number of esters is 6. The summed E-state index contributed by atoms with van der Waals surface area (Å²) in [6.45, 7) is 37.4. The van der Waals surface area contributed by atoms with Crippen LogP contribution in [0.2, 0.25) is 0 Å². The molecule has 0 aromatic heterocycles. The van der Waals surface area contributed by atoms with Crippen molar-refractivity contribution < 1.29 is 90.9 Å². The van der Waals surface area contributed by atoms with E-state index in [-0.39, 0.29) is 88.9 Å². The molecule has 0 unspecified atom stereocenters. The molecular weight excluding hydrogens is 1750 g/mol. The van der Waals surface area contributed by atoms with Gasteiger partial charge in [0.15, 0.2) is 0 Å². The highest BCUT2D eigenvalue weighted by Gasteiger charge is 2.46. The number of carboxylic acid groups (broad SMARTS) is 1. The maximum absolute atomic E-state index is 12.1. The highest BCUT2D eigenvalue weighted by atomic mass is 79.9. The molecule has 5 aliphatic carbocycles. The second kappa shape index (κ2) is 49.3. The van der Waals surface area contributed by atoms with Crippen molar-refractivity contribution in [1.29, 1.82) is 0 Å². The maximum Gasteiger partial charge on any atom is 0.410 e. The zero-order valence-electron chi connectivity index (χ0n) is 83.6. The van der Waals surface area contributed by atoms with E-state index < -0.39 is 34.0 Å². The van der Waals surface area contributed by atoms with Gasteiger partial charge in [0.05, 0.1) is 45.0 Å². The number of primary amides is 1. The molecule has 10 aliphatic rings. The summed E-state index contributed by atoms with van der Waals surface area (Å²) in [5.74, 6) is -1.66. The van der Waals surface area contributed by atoms with Crippen molar-refractivity contribution in [3.8, 4) is 0 Å². The van der Waals surface area contributed by atoms with E-state index in [1.54, 1.807) is 11.0 Å². The minimum Gasteiger partial charge on any atom is -0.481 e. The van der Waals surface area contributed by atoms with Crippen LogP contribution in [0.4, 0.5) is 21.0 Å². The highest BCUT2D eigenvalue weighted by Crippen LogP contribution is 2.52. The van der Waals surface area contributed by atoms with Gasteiger partial charge in [-0.15, -0.1) is 0 Å². The van der Waals surface area contributed by atoms with Gasteiger partial charge in [-0.1, -0.05) is 70.5 Å². The van der Waals surface area contributed by atoms with Gasteiger partial charge in [-0.3, -0.25) is 24.0 Å². The first-order chi connectivity index (χ1) is 62.5. The first-order valence-electron chi connectivity index (χ1n) is 49.1. The Hall–Kier alpha value is -8.78. The van der Waals surface area contributed by atoms with Crippen molar-refractivity contribution in [2.24, 2.45) is 62.4 Å². The molecule has 10 fully saturated rings. The Morgan fingerprint density at radius 1 is 0.346 bits per heavy atom. The van der Waals surface area contributed by atoms with Crippen molar-refractivity contribution in [2.45, 2.75) is 324 Å². The van der Waals surface area contributed by atoms with Crippen molar-refractivity contribution in [1.82, 2.24) is 15.1 Å². The molecule has 0 bridgehead atoms. The molecule has 3 aromatic carbocycles. The number of methoxy groups -OCH3 is 3. The minimum absolute atomic E-state index is 0.00113. The van der Waals surface area contributed by atoms with Crippen LogP contribution < -0.4 is 20.9 Å². The van der Waals surface area contributed by atoms with Gasteiger partial charge in [-0.05, 0) is 390 Å². The second-order valence-electron chi connectivity index (χ2n) is 44.1. The Balaban J connectivity index is 0.000000200. The fourth-order valence-corrected chi connectivity index (χ4v) is 21.1. The number of hydrogen-bond donors (Lipinski definition) is 3. The number of carboxylic acids is 1. The van der Waals surface area contributed by atoms with Crippen molar-refractivity contribution in [3.05, 3.63) is 112 Å². The molecule has 3 aromatic rings. The lowest BCUT2D eigenvalue weighted by Gasteiger charge is -2.46. The Labute approximate surface area is 802 Å². The van der Waals surface area contributed by atoms with Crippen molar-refractivity contribution in [2.75, 3.05) is 96.6 Å². The average molecular weight is 1920 g/mol. The number of para-hydroxylation sites is 2. The van der Waals surface area contributed by atoms with Crippen LogP contribution in [0.5, 0.6) is 0 Å². The monoisotopic (exact) mass is 1910 g/mol. The molecular formula is C107H161BrN6O19. The number of nitrogens with two attached hydrogens (primary N) is 1. The Morgan fingerprint density at radius 3 is 0.865 bits per heavy atom. The number of ether oxygens (including phenoxy) is 8. The van der Waals surface area contributed by atoms with E-state index in [0.717, 1.165) is 265 Å². The highest BCUT2D eigenvalue weighted by molar-refractivity contribution is 9.10. The number of rotatable bonds is 13. The summed E-state index contributed by atoms with van der Waals surface area (Å²) in [6, 6.07) is 24.1. The van der Waals surface area contributed by atoms with Crippen LogP contribution in [0.15, 0.2) is 95.5 Å². The third-order valence-corrected chi connectivity index (χ3v) is 29.5. The molecule has 5 heterocycles. The third-order valence-electron chi connectivity index (χ3n) is 28.7. The van der Waals surface area contributed by atoms with E-state index in [9.17, 15) is 47.9 Å². The molecule has 133 heavy (non-hydrogen) atoms. The number of piperidine rings is 5. The zero-order chi connectivity index (χ0) is 97.8. The van der Waals surface area contributed by atoms with Crippen LogP contribution in [-0.4, -0.2) is 190 Å². The van der Waals surface area contributed by atoms with Gasteiger partial charge in [-0.2, -0.15) is 0 Å². The summed E-state index contributed by atoms with van der Waals surface area (Å²) in [5, 5.41) is 12.5. The number of nitrogens with zero attached hydrogens (tertiary/aromatic N) is 4. The fraction of sp³-hybridized carbons (Fsp3) is 0.682. The number of carbonyl (C=O) groups is 10. The molecule has 0 atom stereocenters. The van der Waals surface area contributed by atoms with Gasteiger partial charge in [-0.25, -0.2) is 24.0 Å². The lowest BCUT2D eigenvalue weighted by atomic mass is 9.65. The Bertz CT molecular complexity index is 4360. The summed E-state index contributed by atoms with van der Waals surface area (Å²) in [6.07, 6.45) is 40.8. The van der Waals surface area contributed by atoms with E-state index in [4.69, 9.17) is 48.7 Å². The van der Waals surface area contributed by atoms with Crippen LogP contribution >= 0.6 is 15.9 Å². The molecule has 0 radical (unpaired) electrons. The molecule has 13 rings (SSSR count). The Kier molecular flexibility index (Phi) is 40.6. The van der Waals surface area contributed by atoms with E-state index in [1.807, 2.05) is 182 Å². The van der Waals surface area contributed by atoms with E-state index in [1.165, 1.54) is 65.2 Å². The molecule has 5 aliphatic heterocycles. The number of amides is 3. The maximum atomic E-state index is 12.1. The summed E-state index contributed by atoms with van der Waals surface area (Å²) in [5.41, 5.74) is 10.4. The van der Waals surface area contributed by atoms with Gasteiger partial charge in [0, 0.05) is 92.4 Å². The van der Waals surface area contributed by atoms with E-state index in [0.29, 0.717) is 21.7 Å². The number of aliphatic carboxylic acids is 1. The predicted octanol–water partition coefficient (Wildman–Crippen LogP) is 21.5. The molecule has 25 nitrogen and oxygen atoms in total. The van der Waals surface area contributed by atoms with E-state index >= 15 is 0 Å². The largest absolute Gasteiger partial charge is 0.481 e. The fourth-order valence-electron chi connectivity index (χ4n) is 20.7. The molecule has 3 amide bonds. The molecule has 5 saturated heterocycles. The van der Waals surface area contributed by atoms with Crippen molar-refractivity contribution >= 4 is 105 Å². The number of anilines is 2. The normalized spacial score (nSPS) is 21.8. The lowest BCUT2D eigenvalue weighted by Crippen LogP contribution is -2.46. The number of likely N-dealkylation sites (tertiary alicyclic amines) is 2. The Morgan fingerprint density at radius 2 is 0.594 bits per heavy atom. The molecule has 5 spiro atoms. The van der Waals surface area contributed by atoms with Gasteiger partial charge in [0.1, 0.15) is 28.0 Å². The van der Waals surface area contributed by atoms with E-state index in [2.05, 4.69) is 43.2 Å². The van der Waals surface area contributed by atoms with Crippen LogP contribution in [0.25, 0.3) is 18.2 Å². The molecule has 4 N–H and O–H groups in total. The van der Waals surface area contributed by atoms with Crippen LogP contribution in [-0.2, 0) is 76.3 Å². The number of carbonyl (C=O) groups excluding carboxylic acids is 9. The minimum atomic E-state index is -0.656. The van der Waals surface area contributed by atoms with Crippen LogP contribution in [0.1, 0.15) is 313 Å². The first-order valence-corrected chi connectivity index (χ1v) is 49.9. The standard InChI is InChI=1S/C25H35NO4.C24H34N2O3.C17H29NO4.C16H27NO4.C13H15BrO2.C12H21NO2/c1-24(2,3)30-22(27)10-9-19-7-5-6-8-21(19)26-17-15-25(16-18-26)13-11-20(12-14-25)23(28)29-4;1-23(2,3)29-21(27)9-8-18-6-4-5-7-20(18)26-16-14-24(15-17-26)12-10-19(11-13-24)22(25)28;1-16(2,3)22-15(20)18-11-9-17(10-12-18)7-5-13(6-8-17)14(19)21-4;1-15(2,3)21-14(20)17-10-8-16(9-11-17)6-4-12(5-7-16)13(18)19;1-13(2,3)16-12(15)9-8-10-6-4-5-7-11(10)14;1-15-11(14)10-2-4-12(5-3-10)6-8-13-9-7-12/h5-10,20H,11-18H2,1-4H3;4-9,19H,10-17H2,1-3H3,(H2,25,28);13H,5-12H2,1-4H3;12H,4-11H2,1-3H3,(H,18,19);4-9H,1-3H3;10,13H,2-9H2,1H3/b10-9+;9-8+;;;9-8+;. The lowest BCUT2D eigenvalue weighted by molar-refractivity contribution is -0.149. The van der Waals surface area contributed by atoms with Crippen LogP contribution in [0, 0.1) is 56.7 Å². The second-order valence-corrected chi connectivity index (χ2v) is 44.9. The number of halogens is 1. The number of hydrogen-bond acceptors (Lipinski definition) is 21. The quantitative estimate of drug-likeness (QED) is 0.0813. The SMILES string of the molecule is CC(C)(C)OC(=O)/C=C/c1ccccc1Br.CC(C)(C)OC(=O)/C=C/c1ccccc1N1CCC2(CCC(C(N)=O)CC2)CC1.CC(C)(C)OC(=O)N1CCC2(CCC(C(=O)O)CC2)CC1.COC(=O)C1CCC2(CC1)CCN(C(=O)OC(C)(C)C)CC2.COC(=O)C1CCC2(CC1)CCN(c1ccccc1/C=C/C(=O)OC(C)(C)C)CC2.COC(=O)C1CCC2(CCNCC2)CC1. The molecule has 740 valence electrons. The van der Waals surface area contributed by atoms with Gasteiger partial charge in [0.2, 0.25) is 5.91 Å².